The second-order valence-corrected chi connectivity index (χ2v) is 6.66. The van der Waals surface area contributed by atoms with Crippen LogP contribution in [-0.2, 0) is 23.9 Å². The van der Waals surface area contributed by atoms with Gasteiger partial charge in [0.05, 0.1) is 17.5 Å². The number of anilines is 1. The number of nitrogens with one attached hydrogen (secondary N) is 1. The van der Waals surface area contributed by atoms with Crippen LogP contribution in [-0.4, -0.2) is 41.2 Å². The number of fused-ring (bicyclic) bond motifs is 1. The van der Waals surface area contributed by atoms with Gasteiger partial charge in [-0.1, -0.05) is 12.2 Å². The fourth-order valence-corrected chi connectivity index (χ4v) is 3.27. The predicted octanol–water partition coefficient (Wildman–Crippen LogP) is 1.79. The number of likely N-dealkylation sites (tertiary alicyclic amines) is 1. The molecule has 1 saturated heterocycles. The number of amides is 3. The van der Waals surface area contributed by atoms with Crippen molar-refractivity contribution in [3.05, 3.63) is 42.0 Å². The standard InChI is InChI=1S/C19H18F2N2O5/c1-10(17(25)22-15-8-11(20)6-7-14(15)21)28-16(24)9-23-18(26)12-4-2-3-5-13(12)19(23)27/h2-3,6-8,10,12-13H,4-5,9H2,1H3,(H,22,25)/t10-,12-,13+/m0/s1. The van der Waals surface area contributed by atoms with Gasteiger partial charge in [-0.25, -0.2) is 8.78 Å². The lowest BCUT2D eigenvalue weighted by atomic mass is 9.85. The number of carbonyl (C=O) groups is 4. The molecule has 0 spiro atoms. The van der Waals surface area contributed by atoms with E-state index in [4.69, 9.17) is 4.74 Å². The summed E-state index contributed by atoms with van der Waals surface area (Å²) in [6.07, 6.45) is 3.20. The molecular formula is C19H18F2N2O5. The van der Waals surface area contributed by atoms with Crippen LogP contribution in [0.1, 0.15) is 19.8 Å². The number of rotatable bonds is 5. The maximum atomic E-state index is 13.6. The molecule has 0 radical (unpaired) electrons. The molecule has 1 heterocycles. The lowest BCUT2D eigenvalue weighted by molar-refractivity contribution is -0.158. The first-order chi connectivity index (χ1) is 13.3. The van der Waals surface area contributed by atoms with Gasteiger partial charge in [0.15, 0.2) is 6.10 Å². The second kappa shape index (κ2) is 7.87. The average Bonchev–Trinajstić information content (AvgIpc) is 2.90. The number of ether oxygens (including phenoxy) is 1. The summed E-state index contributed by atoms with van der Waals surface area (Å²) in [6, 6.07) is 2.53. The molecule has 1 aliphatic heterocycles. The molecule has 1 aromatic rings. The van der Waals surface area contributed by atoms with Gasteiger partial charge in [0.1, 0.15) is 18.2 Å². The van der Waals surface area contributed by atoms with Crippen LogP contribution in [0.4, 0.5) is 14.5 Å². The second-order valence-electron chi connectivity index (χ2n) is 6.66. The van der Waals surface area contributed by atoms with Crippen molar-refractivity contribution < 1.29 is 32.7 Å². The Morgan fingerprint density at radius 1 is 1.18 bits per heavy atom. The third kappa shape index (κ3) is 3.92. The minimum Gasteiger partial charge on any atom is -0.451 e. The van der Waals surface area contributed by atoms with Crippen LogP contribution in [0, 0.1) is 23.5 Å². The van der Waals surface area contributed by atoms with Crippen LogP contribution in [0.15, 0.2) is 30.4 Å². The average molecular weight is 392 g/mol. The van der Waals surface area contributed by atoms with Crippen molar-refractivity contribution in [3.8, 4) is 0 Å². The van der Waals surface area contributed by atoms with E-state index in [2.05, 4.69) is 5.32 Å². The smallest absolute Gasteiger partial charge is 0.326 e. The van der Waals surface area contributed by atoms with E-state index in [0.29, 0.717) is 12.8 Å². The molecule has 0 saturated carbocycles. The van der Waals surface area contributed by atoms with Crippen LogP contribution in [0.3, 0.4) is 0 Å². The van der Waals surface area contributed by atoms with Crippen molar-refractivity contribution in [1.29, 1.82) is 0 Å². The number of hydrogen-bond acceptors (Lipinski definition) is 5. The summed E-state index contributed by atoms with van der Waals surface area (Å²) < 4.78 is 31.7. The molecule has 1 aromatic carbocycles. The molecule has 3 rings (SSSR count). The summed E-state index contributed by atoms with van der Waals surface area (Å²) in [5.74, 6) is -5.24. The molecule has 28 heavy (non-hydrogen) atoms. The van der Waals surface area contributed by atoms with E-state index in [0.717, 1.165) is 23.1 Å². The Bertz CT molecular complexity index is 844. The van der Waals surface area contributed by atoms with Gasteiger partial charge in [-0.15, -0.1) is 0 Å². The number of benzene rings is 1. The summed E-state index contributed by atoms with van der Waals surface area (Å²) in [5.41, 5.74) is -0.394. The van der Waals surface area contributed by atoms with E-state index in [1.54, 1.807) is 0 Å². The maximum absolute atomic E-state index is 13.6. The summed E-state index contributed by atoms with van der Waals surface area (Å²) in [5, 5.41) is 2.12. The fourth-order valence-electron chi connectivity index (χ4n) is 3.27. The van der Waals surface area contributed by atoms with Crippen LogP contribution in [0.2, 0.25) is 0 Å². The van der Waals surface area contributed by atoms with Gasteiger partial charge in [0.25, 0.3) is 5.91 Å². The Morgan fingerprint density at radius 3 is 2.39 bits per heavy atom. The van der Waals surface area contributed by atoms with E-state index in [1.165, 1.54) is 6.92 Å². The van der Waals surface area contributed by atoms with E-state index in [1.807, 2.05) is 12.2 Å². The topological polar surface area (TPSA) is 92.8 Å². The molecule has 0 aromatic heterocycles. The first-order valence-electron chi connectivity index (χ1n) is 8.73. The molecule has 148 valence electrons. The Balaban J connectivity index is 1.57. The molecule has 3 amide bonds. The number of esters is 1. The number of carbonyl (C=O) groups excluding carboxylic acids is 4. The Hall–Kier alpha value is -3.10. The summed E-state index contributed by atoms with van der Waals surface area (Å²) in [4.78, 5) is 49.6. The highest BCUT2D eigenvalue weighted by molar-refractivity contribution is 6.07. The summed E-state index contributed by atoms with van der Waals surface area (Å²) in [7, 11) is 0. The quantitative estimate of drug-likeness (QED) is 0.469. The first-order valence-corrected chi connectivity index (χ1v) is 8.73. The Morgan fingerprint density at radius 2 is 1.79 bits per heavy atom. The van der Waals surface area contributed by atoms with E-state index < -0.39 is 65.5 Å². The van der Waals surface area contributed by atoms with E-state index in [-0.39, 0.29) is 0 Å². The molecule has 1 fully saturated rings. The van der Waals surface area contributed by atoms with Crippen LogP contribution in [0.5, 0.6) is 0 Å². The van der Waals surface area contributed by atoms with Crippen molar-refractivity contribution in [3.63, 3.8) is 0 Å². The van der Waals surface area contributed by atoms with Gasteiger partial charge in [-0.05, 0) is 31.9 Å². The minimum atomic E-state index is -1.34. The highest BCUT2D eigenvalue weighted by atomic mass is 19.1. The van der Waals surface area contributed by atoms with Gasteiger partial charge >= 0.3 is 5.97 Å². The van der Waals surface area contributed by atoms with Gasteiger partial charge in [0, 0.05) is 6.07 Å². The highest BCUT2D eigenvalue weighted by Gasteiger charge is 2.47. The number of imide groups is 1. The number of halogens is 2. The number of allylic oxidation sites excluding steroid dienone is 2. The number of hydrogen-bond donors (Lipinski definition) is 1. The first kappa shape index (κ1) is 19.7. The van der Waals surface area contributed by atoms with Gasteiger partial charge in [-0.3, -0.25) is 24.1 Å². The Kier molecular flexibility index (Phi) is 5.53. The lowest BCUT2D eigenvalue weighted by Crippen LogP contribution is -2.39. The van der Waals surface area contributed by atoms with Crippen molar-refractivity contribution in [2.45, 2.75) is 25.9 Å². The minimum absolute atomic E-state index is 0.394. The van der Waals surface area contributed by atoms with Crippen LogP contribution < -0.4 is 5.32 Å². The molecule has 2 aliphatic rings. The molecule has 0 unspecified atom stereocenters. The zero-order valence-corrected chi connectivity index (χ0v) is 15.0. The van der Waals surface area contributed by atoms with Gasteiger partial charge in [-0.2, -0.15) is 0 Å². The van der Waals surface area contributed by atoms with Crippen molar-refractivity contribution in [2.75, 3.05) is 11.9 Å². The SMILES string of the molecule is C[C@H](OC(=O)CN1C(=O)[C@H]2CC=CC[C@H]2C1=O)C(=O)Nc1cc(F)ccc1F. The molecule has 1 N–H and O–H groups in total. The largest absolute Gasteiger partial charge is 0.451 e. The summed E-state index contributed by atoms with van der Waals surface area (Å²) >= 11 is 0. The monoisotopic (exact) mass is 392 g/mol. The fraction of sp³-hybridized carbons (Fsp3) is 0.368. The van der Waals surface area contributed by atoms with Crippen molar-refractivity contribution in [1.82, 2.24) is 4.90 Å². The zero-order valence-electron chi connectivity index (χ0n) is 15.0. The van der Waals surface area contributed by atoms with Crippen LogP contribution in [0.25, 0.3) is 0 Å². The molecule has 3 atom stereocenters. The van der Waals surface area contributed by atoms with Gasteiger partial charge in [0.2, 0.25) is 11.8 Å². The van der Waals surface area contributed by atoms with E-state index >= 15 is 0 Å². The maximum Gasteiger partial charge on any atom is 0.326 e. The zero-order chi connectivity index (χ0) is 20.4. The molecule has 1 aliphatic carbocycles. The van der Waals surface area contributed by atoms with Crippen LogP contribution >= 0.6 is 0 Å². The van der Waals surface area contributed by atoms with Crippen molar-refractivity contribution >= 4 is 29.4 Å². The lowest BCUT2D eigenvalue weighted by Gasteiger charge is -2.17. The highest BCUT2D eigenvalue weighted by Crippen LogP contribution is 2.34. The Labute approximate surface area is 159 Å². The molecular weight excluding hydrogens is 374 g/mol. The van der Waals surface area contributed by atoms with Crippen molar-refractivity contribution in [2.24, 2.45) is 11.8 Å². The molecule has 9 heteroatoms. The van der Waals surface area contributed by atoms with Gasteiger partial charge < -0.3 is 10.1 Å². The molecule has 7 nitrogen and oxygen atoms in total. The normalized spacial score (nSPS) is 22.0. The van der Waals surface area contributed by atoms with E-state index in [9.17, 15) is 28.0 Å². The predicted molar refractivity (Wildman–Crippen MR) is 92.6 cm³/mol. The molecule has 0 bridgehead atoms. The third-order valence-corrected chi connectivity index (χ3v) is 4.75. The summed E-state index contributed by atoms with van der Waals surface area (Å²) in [6.45, 7) is 0.637. The third-order valence-electron chi connectivity index (χ3n) is 4.75. The number of nitrogens with zero attached hydrogens (tertiary/aromatic N) is 1.